The standard InChI is InChI=1S/C28H41ClN2O.ClH/c1-5-28(3,4)24-11-14-26(15-12-24)32-21-9-7-6-8-16-30-17-19-31(20-18-30)25-13-10-23(2)27(29)22-25;/h10-15,22H,5-9,16-21H2,1-4H3;1H. The van der Waals surface area contributed by atoms with Crippen molar-refractivity contribution in [2.45, 2.75) is 65.2 Å². The maximum atomic E-state index is 6.30. The van der Waals surface area contributed by atoms with E-state index in [4.69, 9.17) is 16.3 Å². The van der Waals surface area contributed by atoms with E-state index in [1.165, 1.54) is 37.1 Å². The third kappa shape index (κ3) is 8.38. The van der Waals surface area contributed by atoms with Crippen molar-refractivity contribution in [1.82, 2.24) is 4.90 Å². The number of halogens is 2. The first-order valence-electron chi connectivity index (χ1n) is 12.4. The van der Waals surface area contributed by atoms with Crippen molar-refractivity contribution < 1.29 is 4.74 Å². The maximum Gasteiger partial charge on any atom is 0.119 e. The van der Waals surface area contributed by atoms with Gasteiger partial charge in [-0.1, -0.05) is 63.4 Å². The lowest BCUT2D eigenvalue weighted by molar-refractivity contribution is 0.249. The summed E-state index contributed by atoms with van der Waals surface area (Å²) in [5.41, 5.74) is 4.02. The largest absolute Gasteiger partial charge is 0.494 e. The van der Waals surface area contributed by atoms with Gasteiger partial charge in [0.05, 0.1) is 6.61 Å². The monoisotopic (exact) mass is 492 g/mol. The predicted octanol–water partition coefficient (Wildman–Crippen LogP) is 7.52. The zero-order valence-corrected chi connectivity index (χ0v) is 22.5. The second-order valence-electron chi connectivity index (χ2n) is 9.79. The van der Waals surface area contributed by atoms with Gasteiger partial charge < -0.3 is 9.64 Å². The van der Waals surface area contributed by atoms with Crippen LogP contribution in [0.5, 0.6) is 5.75 Å². The fourth-order valence-corrected chi connectivity index (χ4v) is 4.37. The molecule has 0 aliphatic carbocycles. The molecular formula is C28H42Cl2N2O. The minimum absolute atomic E-state index is 0. The highest BCUT2D eigenvalue weighted by molar-refractivity contribution is 6.31. The van der Waals surface area contributed by atoms with Gasteiger partial charge in [-0.05, 0) is 73.5 Å². The first-order valence-corrected chi connectivity index (χ1v) is 12.7. The van der Waals surface area contributed by atoms with Crippen LogP contribution < -0.4 is 9.64 Å². The smallest absolute Gasteiger partial charge is 0.119 e. The fourth-order valence-electron chi connectivity index (χ4n) is 4.20. The van der Waals surface area contributed by atoms with Gasteiger partial charge in [-0.15, -0.1) is 12.4 Å². The van der Waals surface area contributed by atoms with E-state index in [0.29, 0.717) is 0 Å². The molecule has 0 unspecified atom stereocenters. The third-order valence-electron chi connectivity index (χ3n) is 7.05. The average Bonchev–Trinajstić information content (AvgIpc) is 2.81. The molecule has 0 amide bonds. The zero-order chi connectivity index (χ0) is 23.0. The van der Waals surface area contributed by atoms with Crippen molar-refractivity contribution in [2.24, 2.45) is 0 Å². The first kappa shape index (κ1) is 27.8. The summed E-state index contributed by atoms with van der Waals surface area (Å²) in [5, 5.41) is 0.867. The molecule has 3 rings (SSSR count). The zero-order valence-electron chi connectivity index (χ0n) is 20.9. The molecule has 0 saturated carbocycles. The van der Waals surface area contributed by atoms with Crippen LogP contribution in [0, 0.1) is 6.92 Å². The summed E-state index contributed by atoms with van der Waals surface area (Å²) < 4.78 is 5.95. The number of piperazine rings is 1. The van der Waals surface area contributed by atoms with Crippen LogP contribution in [0.3, 0.4) is 0 Å². The van der Waals surface area contributed by atoms with Gasteiger partial charge in [0.1, 0.15) is 5.75 Å². The number of hydrogen-bond donors (Lipinski definition) is 0. The van der Waals surface area contributed by atoms with Crippen molar-refractivity contribution in [3.63, 3.8) is 0 Å². The average molecular weight is 494 g/mol. The Morgan fingerprint density at radius 3 is 2.21 bits per heavy atom. The quantitative estimate of drug-likeness (QED) is 0.301. The summed E-state index contributed by atoms with van der Waals surface area (Å²) in [6.07, 6.45) is 6.06. The van der Waals surface area contributed by atoms with E-state index in [-0.39, 0.29) is 17.8 Å². The van der Waals surface area contributed by atoms with E-state index in [9.17, 15) is 0 Å². The van der Waals surface area contributed by atoms with Gasteiger partial charge in [0.25, 0.3) is 0 Å². The molecule has 1 fully saturated rings. The molecule has 0 radical (unpaired) electrons. The van der Waals surface area contributed by atoms with Gasteiger partial charge >= 0.3 is 0 Å². The summed E-state index contributed by atoms with van der Waals surface area (Å²) in [4.78, 5) is 5.05. The Labute approximate surface area is 212 Å². The van der Waals surface area contributed by atoms with Gasteiger partial charge in [-0.25, -0.2) is 0 Å². The Morgan fingerprint density at radius 1 is 0.909 bits per heavy atom. The van der Waals surface area contributed by atoms with Crippen molar-refractivity contribution >= 4 is 29.7 Å². The molecule has 2 aromatic rings. The van der Waals surface area contributed by atoms with Gasteiger partial charge in [-0.2, -0.15) is 0 Å². The molecule has 1 heterocycles. The molecule has 5 heteroatoms. The maximum absolute atomic E-state index is 6.30. The van der Waals surface area contributed by atoms with Gasteiger partial charge in [0.15, 0.2) is 0 Å². The van der Waals surface area contributed by atoms with Crippen LogP contribution in [-0.4, -0.2) is 44.2 Å². The number of aryl methyl sites for hydroxylation is 1. The van der Waals surface area contributed by atoms with Crippen molar-refractivity contribution in [2.75, 3.05) is 44.2 Å². The minimum Gasteiger partial charge on any atom is -0.494 e. The van der Waals surface area contributed by atoms with E-state index in [0.717, 1.165) is 62.0 Å². The molecule has 0 spiro atoms. The second-order valence-corrected chi connectivity index (χ2v) is 10.2. The molecule has 3 nitrogen and oxygen atoms in total. The lowest BCUT2D eigenvalue weighted by Gasteiger charge is -2.36. The number of ether oxygens (including phenoxy) is 1. The molecule has 33 heavy (non-hydrogen) atoms. The fraction of sp³-hybridized carbons (Fsp3) is 0.571. The lowest BCUT2D eigenvalue weighted by Crippen LogP contribution is -2.46. The molecular weight excluding hydrogens is 451 g/mol. The highest BCUT2D eigenvalue weighted by Crippen LogP contribution is 2.28. The topological polar surface area (TPSA) is 15.7 Å². The summed E-state index contributed by atoms with van der Waals surface area (Å²) in [6.45, 7) is 15.4. The molecule has 2 aromatic carbocycles. The van der Waals surface area contributed by atoms with Crippen LogP contribution in [0.2, 0.25) is 5.02 Å². The van der Waals surface area contributed by atoms with Crippen LogP contribution in [0.25, 0.3) is 0 Å². The van der Waals surface area contributed by atoms with Gasteiger partial charge in [-0.3, -0.25) is 4.90 Å². The number of benzene rings is 2. The van der Waals surface area contributed by atoms with Crippen molar-refractivity contribution in [3.05, 3.63) is 58.6 Å². The Balaban J connectivity index is 0.00000385. The van der Waals surface area contributed by atoms with Crippen molar-refractivity contribution in [3.8, 4) is 5.75 Å². The Bertz CT molecular complexity index is 830. The highest BCUT2D eigenvalue weighted by atomic mass is 35.5. The minimum atomic E-state index is 0. The van der Waals surface area contributed by atoms with E-state index < -0.39 is 0 Å². The highest BCUT2D eigenvalue weighted by Gasteiger charge is 2.18. The van der Waals surface area contributed by atoms with Gasteiger partial charge in [0, 0.05) is 36.9 Å². The molecule has 0 N–H and O–H groups in total. The number of unbranched alkanes of at least 4 members (excludes halogenated alkanes) is 3. The van der Waals surface area contributed by atoms with E-state index >= 15 is 0 Å². The molecule has 0 bridgehead atoms. The molecule has 184 valence electrons. The Hall–Kier alpha value is -1.42. The van der Waals surface area contributed by atoms with E-state index in [1.54, 1.807) is 0 Å². The lowest BCUT2D eigenvalue weighted by atomic mass is 9.82. The Morgan fingerprint density at radius 2 is 1.58 bits per heavy atom. The third-order valence-corrected chi connectivity index (χ3v) is 7.46. The summed E-state index contributed by atoms with van der Waals surface area (Å²) in [7, 11) is 0. The van der Waals surface area contributed by atoms with Crippen LogP contribution in [0.15, 0.2) is 42.5 Å². The molecule has 0 aromatic heterocycles. The number of hydrogen-bond acceptors (Lipinski definition) is 3. The number of anilines is 1. The predicted molar refractivity (Wildman–Crippen MR) is 146 cm³/mol. The second kappa shape index (κ2) is 13.5. The normalized spacial score (nSPS) is 14.8. The van der Waals surface area contributed by atoms with Crippen LogP contribution in [0.4, 0.5) is 5.69 Å². The number of rotatable bonds is 11. The van der Waals surface area contributed by atoms with Crippen LogP contribution in [-0.2, 0) is 5.41 Å². The first-order chi connectivity index (χ1) is 15.4. The summed E-state index contributed by atoms with van der Waals surface area (Å²) in [6, 6.07) is 15.1. The molecule has 1 aliphatic heterocycles. The van der Waals surface area contributed by atoms with E-state index in [2.05, 4.69) is 80.0 Å². The van der Waals surface area contributed by atoms with Gasteiger partial charge in [0.2, 0.25) is 0 Å². The van der Waals surface area contributed by atoms with Crippen molar-refractivity contribution in [1.29, 1.82) is 0 Å². The molecule has 1 saturated heterocycles. The summed E-state index contributed by atoms with van der Waals surface area (Å²) >= 11 is 6.30. The molecule has 1 aliphatic rings. The Kier molecular flexibility index (Phi) is 11.4. The number of nitrogens with zero attached hydrogens (tertiary/aromatic N) is 2. The van der Waals surface area contributed by atoms with Crippen LogP contribution in [0.1, 0.15) is 64.0 Å². The summed E-state index contributed by atoms with van der Waals surface area (Å²) in [5.74, 6) is 0.994. The SMILES string of the molecule is CCC(C)(C)c1ccc(OCCCCCCN2CCN(c3ccc(C)c(Cl)c3)CC2)cc1.Cl. The van der Waals surface area contributed by atoms with E-state index in [1.807, 2.05) is 0 Å². The van der Waals surface area contributed by atoms with Crippen LogP contribution >= 0.6 is 24.0 Å². The molecule has 0 atom stereocenters.